The number of nitrogens with zero attached hydrogens (tertiary/aromatic N) is 1. The first-order valence-electron chi connectivity index (χ1n) is 7.20. The molecule has 0 aromatic carbocycles. The molecule has 2 fully saturated rings. The molecule has 0 aromatic rings. The van der Waals surface area contributed by atoms with Crippen LogP contribution in [-0.2, 0) is 0 Å². The van der Waals surface area contributed by atoms with E-state index in [0.29, 0.717) is 6.04 Å². The zero-order valence-corrected chi connectivity index (χ0v) is 10.8. The Balaban J connectivity index is 1.72. The Morgan fingerprint density at radius 2 is 1.69 bits per heavy atom. The standard InChI is InChI=1S/C14H28N2/c1-16(10-12-6-5-7-12)11-13-8-3-2-4-9-14(13)15/h12-14H,2-11,15H2,1H3. The van der Waals surface area contributed by atoms with Crippen molar-refractivity contribution in [3.05, 3.63) is 0 Å². The fraction of sp³-hybridized carbons (Fsp3) is 1.00. The van der Waals surface area contributed by atoms with Crippen LogP contribution in [0.15, 0.2) is 0 Å². The predicted molar refractivity (Wildman–Crippen MR) is 69.4 cm³/mol. The molecule has 0 aliphatic heterocycles. The summed E-state index contributed by atoms with van der Waals surface area (Å²) in [6.07, 6.45) is 11.1. The maximum atomic E-state index is 6.28. The third-order valence-electron chi connectivity index (χ3n) is 4.56. The molecule has 0 heterocycles. The molecule has 2 saturated carbocycles. The number of hydrogen-bond donors (Lipinski definition) is 1. The van der Waals surface area contributed by atoms with E-state index in [2.05, 4.69) is 11.9 Å². The maximum Gasteiger partial charge on any atom is 0.00793 e. The Morgan fingerprint density at radius 3 is 2.38 bits per heavy atom. The van der Waals surface area contributed by atoms with Crippen molar-refractivity contribution in [2.24, 2.45) is 17.6 Å². The molecule has 2 N–H and O–H groups in total. The van der Waals surface area contributed by atoms with Crippen molar-refractivity contribution >= 4 is 0 Å². The minimum Gasteiger partial charge on any atom is -0.327 e. The topological polar surface area (TPSA) is 29.3 Å². The largest absolute Gasteiger partial charge is 0.327 e. The molecule has 0 radical (unpaired) electrons. The highest BCUT2D eigenvalue weighted by molar-refractivity contribution is 4.80. The van der Waals surface area contributed by atoms with Crippen LogP contribution < -0.4 is 5.73 Å². The summed E-state index contributed by atoms with van der Waals surface area (Å²) in [4.78, 5) is 2.54. The van der Waals surface area contributed by atoms with Crippen molar-refractivity contribution in [1.29, 1.82) is 0 Å². The molecule has 2 rings (SSSR count). The van der Waals surface area contributed by atoms with Gasteiger partial charge >= 0.3 is 0 Å². The highest BCUT2D eigenvalue weighted by Gasteiger charge is 2.24. The lowest BCUT2D eigenvalue weighted by atomic mass is 9.85. The van der Waals surface area contributed by atoms with E-state index >= 15 is 0 Å². The van der Waals surface area contributed by atoms with Gasteiger partial charge in [0.2, 0.25) is 0 Å². The van der Waals surface area contributed by atoms with Gasteiger partial charge in [-0.25, -0.2) is 0 Å². The molecule has 0 amide bonds. The summed E-state index contributed by atoms with van der Waals surface area (Å²) in [6.45, 7) is 2.54. The van der Waals surface area contributed by atoms with Gasteiger partial charge in [-0.15, -0.1) is 0 Å². The monoisotopic (exact) mass is 224 g/mol. The molecule has 0 spiro atoms. The molecule has 94 valence electrons. The van der Waals surface area contributed by atoms with Crippen LogP contribution in [0, 0.1) is 11.8 Å². The van der Waals surface area contributed by atoms with Crippen LogP contribution in [0.3, 0.4) is 0 Å². The lowest BCUT2D eigenvalue weighted by Gasteiger charge is -2.33. The van der Waals surface area contributed by atoms with Gasteiger partial charge in [-0.1, -0.05) is 25.7 Å². The second-order valence-electron chi connectivity index (χ2n) is 6.08. The van der Waals surface area contributed by atoms with Crippen molar-refractivity contribution in [2.75, 3.05) is 20.1 Å². The maximum absolute atomic E-state index is 6.28. The Hall–Kier alpha value is -0.0800. The van der Waals surface area contributed by atoms with E-state index in [1.165, 1.54) is 64.5 Å². The van der Waals surface area contributed by atoms with Gasteiger partial charge in [-0.2, -0.15) is 0 Å². The van der Waals surface area contributed by atoms with Crippen molar-refractivity contribution in [2.45, 2.75) is 57.4 Å². The normalized spacial score (nSPS) is 32.4. The Morgan fingerprint density at radius 1 is 0.938 bits per heavy atom. The summed E-state index contributed by atoms with van der Waals surface area (Å²) in [5, 5.41) is 0. The molecule has 2 unspecified atom stereocenters. The van der Waals surface area contributed by atoms with Crippen molar-refractivity contribution < 1.29 is 0 Å². The first-order chi connectivity index (χ1) is 7.75. The third kappa shape index (κ3) is 3.46. The summed E-state index contributed by atoms with van der Waals surface area (Å²) in [6, 6.07) is 0.464. The molecule has 2 atom stereocenters. The third-order valence-corrected chi connectivity index (χ3v) is 4.56. The van der Waals surface area contributed by atoms with Crippen LogP contribution in [-0.4, -0.2) is 31.1 Å². The first kappa shape index (κ1) is 12.4. The number of rotatable bonds is 4. The lowest BCUT2D eigenvalue weighted by Crippen LogP contribution is -2.39. The van der Waals surface area contributed by atoms with Crippen LogP contribution in [0.5, 0.6) is 0 Å². The SMILES string of the molecule is CN(CC1CCC1)CC1CCCCCC1N. The molecule has 2 heteroatoms. The van der Waals surface area contributed by atoms with Gasteiger partial charge in [0.15, 0.2) is 0 Å². The minimum absolute atomic E-state index is 0.464. The molecule has 0 aromatic heterocycles. The average molecular weight is 224 g/mol. The van der Waals surface area contributed by atoms with E-state index in [1.54, 1.807) is 0 Å². The van der Waals surface area contributed by atoms with Gasteiger partial charge in [0.05, 0.1) is 0 Å². The molecule has 2 aliphatic carbocycles. The molecular weight excluding hydrogens is 196 g/mol. The van der Waals surface area contributed by atoms with Gasteiger partial charge < -0.3 is 10.6 Å². The zero-order valence-electron chi connectivity index (χ0n) is 10.8. The molecule has 0 bridgehead atoms. The molecule has 16 heavy (non-hydrogen) atoms. The van der Waals surface area contributed by atoms with E-state index in [-0.39, 0.29) is 0 Å². The number of hydrogen-bond acceptors (Lipinski definition) is 2. The molecule has 2 aliphatic rings. The van der Waals surface area contributed by atoms with Gasteiger partial charge in [0.25, 0.3) is 0 Å². The van der Waals surface area contributed by atoms with Gasteiger partial charge in [-0.05, 0) is 44.6 Å². The van der Waals surface area contributed by atoms with Crippen molar-refractivity contribution in [3.63, 3.8) is 0 Å². The zero-order chi connectivity index (χ0) is 11.4. The smallest absolute Gasteiger partial charge is 0.00793 e. The highest BCUT2D eigenvalue weighted by atomic mass is 15.1. The Bertz CT molecular complexity index is 201. The van der Waals surface area contributed by atoms with Crippen LogP contribution in [0.25, 0.3) is 0 Å². The number of nitrogens with two attached hydrogens (primary N) is 1. The second kappa shape index (κ2) is 6.02. The van der Waals surface area contributed by atoms with Crippen LogP contribution in [0.4, 0.5) is 0 Å². The predicted octanol–water partition coefficient (Wildman–Crippen LogP) is 2.63. The molecule has 0 saturated heterocycles. The second-order valence-corrected chi connectivity index (χ2v) is 6.08. The van der Waals surface area contributed by atoms with Gasteiger partial charge in [0, 0.05) is 19.1 Å². The van der Waals surface area contributed by atoms with Crippen LogP contribution in [0.1, 0.15) is 51.4 Å². The summed E-state index contributed by atoms with van der Waals surface area (Å²) in [7, 11) is 2.29. The van der Waals surface area contributed by atoms with Crippen molar-refractivity contribution in [3.8, 4) is 0 Å². The first-order valence-corrected chi connectivity index (χ1v) is 7.20. The van der Waals surface area contributed by atoms with E-state index in [4.69, 9.17) is 5.73 Å². The van der Waals surface area contributed by atoms with Crippen LogP contribution >= 0.6 is 0 Å². The molecule has 2 nitrogen and oxygen atoms in total. The highest BCUT2D eigenvalue weighted by Crippen LogP contribution is 2.28. The Kier molecular flexibility index (Phi) is 4.66. The summed E-state index contributed by atoms with van der Waals surface area (Å²) < 4.78 is 0. The van der Waals surface area contributed by atoms with Gasteiger partial charge in [0.1, 0.15) is 0 Å². The van der Waals surface area contributed by atoms with E-state index in [1.807, 2.05) is 0 Å². The van der Waals surface area contributed by atoms with Gasteiger partial charge in [-0.3, -0.25) is 0 Å². The van der Waals surface area contributed by atoms with Crippen molar-refractivity contribution in [1.82, 2.24) is 4.90 Å². The summed E-state index contributed by atoms with van der Waals surface area (Å²) >= 11 is 0. The summed E-state index contributed by atoms with van der Waals surface area (Å²) in [5.74, 6) is 1.75. The van der Waals surface area contributed by atoms with E-state index < -0.39 is 0 Å². The van der Waals surface area contributed by atoms with E-state index in [9.17, 15) is 0 Å². The minimum atomic E-state index is 0.464. The fourth-order valence-electron chi connectivity index (χ4n) is 3.23. The van der Waals surface area contributed by atoms with E-state index in [0.717, 1.165) is 11.8 Å². The average Bonchev–Trinajstić information content (AvgIpc) is 2.39. The molecular formula is C14H28N2. The quantitative estimate of drug-likeness (QED) is 0.744. The van der Waals surface area contributed by atoms with Crippen LogP contribution in [0.2, 0.25) is 0 Å². The fourth-order valence-corrected chi connectivity index (χ4v) is 3.23. The Labute approximate surface area is 101 Å². The lowest BCUT2D eigenvalue weighted by molar-refractivity contribution is 0.173. The summed E-state index contributed by atoms with van der Waals surface area (Å²) in [5.41, 5.74) is 6.28.